The summed E-state index contributed by atoms with van der Waals surface area (Å²) in [6.07, 6.45) is 4.99. The Bertz CT molecular complexity index is 421. The van der Waals surface area contributed by atoms with Gasteiger partial charge in [-0.05, 0) is 51.3 Å². The van der Waals surface area contributed by atoms with Crippen LogP contribution in [0.5, 0.6) is 5.75 Å². The summed E-state index contributed by atoms with van der Waals surface area (Å²) in [5.41, 5.74) is 1.37. The molecule has 1 atom stereocenters. The first-order valence-corrected chi connectivity index (χ1v) is 8.15. The molecule has 1 saturated carbocycles. The van der Waals surface area contributed by atoms with Crippen LogP contribution >= 0.6 is 0 Å². The molecule has 1 aromatic rings. The number of nitrogens with one attached hydrogen (secondary N) is 1. The SMILES string of the molecule is CC(C)Oc1ccc(C(C)NCC2(CO)CCCC2)cc1. The Morgan fingerprint density at radius 2 is 1.76 bits per heavy atom. The van der Waals surface area contributed by atoms with E-state index in [4.69, 9.17) is 4.74 Å². The number of aliphatic hydroxyl groups is 1. The minimum Gasteiger partial charge on any atom is -0.491 e. The fraction of sp³-hybridized carbons (Fsp3) is 0.667. The van der Waals surface area contributed by atoms with Gasteiger partial charge >= 0.3 is 0 Å². The Balaban J connectivity index is 1.89. The third kappa shape index (κ3) is 4.45. The van der Waals surface area contributed by atoms with Crippen molar-refractivity contribution in [2.75, 3.05) is 13.2 Å². The van der Waals surface area contributed by atoms with Gasteiger partial charge in [0.15, 0.2) is 0 Å². The van der Waals surface area contributed by atoms with Gasteiger partial charge in [-0.15, -0.1) is 0 Å². The molecule has 0 heterocycles. The third-order valence-corrected chi connectivity index (χ3v) is 4.53. The Morgan fingerprint density at radius 1 is 1.14 bits per heavy atom. The quantitative estimate of drug-likeness (QED) is 0.805. The second-order valence-electron chi connectivity index (χ2n) is 6.70. The number of hydrogen-bond donors (Lipinski definition) is 2. The average molecular weight is 291 g/mol. The van der Waals surface area contributed by atoms with E-state index in [9.17, 15) is 5.11 Å². The highest BCUT2D eigenvalue weighted by molar-refractivity contribution is 5.29. The smallest absolute Gasteiger partial charge is 0.119 e. The standard InChI is InChI=1S/C18H29NO2/c1-14(2)21-17-8-6-16(7-9-17)15(3)19-12-18(13-20)10-4-5-11-18/h6-9,14-15,19-20H,4-5,10-13H2,1-3H3. The van der Waals surface area contributed by atoms with Gasteiger partial charge in [0.1, 0.15) is 5.75 Å². The van der Waals surface area contributed by atoms with Crippen molar-refractivity contribution in [3.8, 4) is 5.75 Å². The van der Waals surface area contributed by atoms with Crippen molar-refractivity contribution in [3.05, 3.63) is 29.8 Å². The lowest BCUT2D eigenvalue weighted by molar-refractivity contribution is 0.125. The minimum absolute atomic E-state index is 0.106. The molecule has 0 aromatic heterocycles. The molecule has 0 amide bonds. The zero-order valence-electron chi connectivity index (χ0n) is 13.6. The van der Waals surface area contributed by atoms with E-state index < -0.39 is 0 Å². The summed E-state index contributed by atoms with van der Waals surface area (Å²) in [4.78, 5) is 0. The fourth-order valence-electron chi connectivity index (χ4n) is 3.11. The molecule has 0 bridgehead atoms. The summed E-state index contributed by atoms with van der Waals surface area (Å²) in [6, 6.07) is 8.60. The maximum atomic E-state index is 9.66. The largest absolute Gasteiger partial charge is 0.491 e. The molecule has 0 radical (unpaired) electrons. The molecule has 2 N–H and O–H groups in total. The zero-order valence-corrected chi connectivity index (χ0v) is 13.6. The molecule has 0 saturated heterocycles. The molecule has 1 aromatic carbocycles. The van der Waals surface area contributed by atoms with Gasteiger partial charge in [-0.3, -0.25) is 0 Å². The van der Waals surface area contributed by atoms with Crippen LogP contribution in [0, 0.1) is 5.41 Å². The highest BCUT2D eigenvalue weighted by atomic mass is 16.5. The first-order valence-electron chi connectivity index (χ1n) is 8.15. The molecule has 3 nitrogen and oxygen atoms in total. The number of aliphatic hydroxyl groups excluding tert-OH is 1. The van der Waals surface area contributed by atoms with E-state index in [1.165, 1.54) is 18.4 Å². The Morgan fingerprint density at radius 3 is 2.29 bits per heavy atom. The van der Waals surface area contributed by atoms with Gasteiger partial charge in [0.2, 0.25) is 0 Å². The fourth-order valence-corrected chi connectivity index (χ4v) is 3.11. The molecule has 0 spiro atoms. The van der Waals surface area contributed by atoms with Crippen LogP contribution in [0.4, 0.5) is 0 Å². The Kier molecular flexibility index (Phi) is 5.65. The molecule has 2 rings (SSSR count). The van der Waals surface area contributed by atoms with Gasteiger partial charge < -0.3 is 15.2 Å². The van der Waals surface area contributed by atoms with Crippen LogP contribution in [0.25, 0.3) is 0 Å². The lowest BCUT2D eigenvalue weighted by Gasteiger charge is -2.29. The van der Waals surface area contributed by atoms with Crippen LogP contribution in [0.2, 0.25) is 0 Å². The van der Waals surface area contributed by atoms with Crippen LogP contribution < -0.4 is 10.1 Å². The average Bonchev–Trinajstić information content (AvgIpc) is 2.94. The first kappa shape index (κ1) is 16.3. The van der Waals surface area contributed by atoms with Crippen LogP contribution in [0.3, 0.4) is 0 Å². The van der Waals surface area contributed by atoms with Crippen LogP contribution in [0.15, 0.2) is 24.3 Å². The summed E-state index contributed by atoms with van der Waals surface area (Å²) in [5, 5.41) is 13.3. The predicted molar refractivity (Wildman–Crippen MR) is 86.6 cm³/mol. The summed E-state index contributed by atoms with van der Waals surface area (Å²) in [7, 11) is 0. The molecule has 1 aliphatic carbocycles. The molecule has 0 aliphatic heterocycles. The predicted octanol–water partition coefficient (Wildman–Crippen LogP) is 3.68. The Hall–Kier alpha value is -1.06. The van der Waals surface area contributed by atoms with Gasteiger partial charge in [-0.2, -0.15) is 0 Å². The van der Waals surface area contributed by atoms with Gasteiger partial charge in [-0.1, -0.05) is 25.0 Å². The van der Waals surface area contributed by atoms with Gasteiger partial charge in [0.25, 0.3) is 0 Å². The Labute approximate surface area is 128 Å². The lowest BCUT2D eigenvalue weighted by atomic mass is 9.87. The van der Waals surface area contributed by atoms with Crippen molar-refractivity contribution < 1.29 is 9.84 Å². The van der Waals surface area contributed by atoms with Crippen molar-refractivity contribution in [2.45, 2.75) is 58.6 Å². The summed E-state index contributed by atoms with van der Waals surface area (Å²) in [5.74, 6) is 0.920. The van der Waals surface area contributed by atoms with E-state index >= 15 is 0 Å². The van der Waals surface area contributed by atoms with Crippen LogP contribution in [-0.4, -0.2) is 24.4 Å². The van der Waals surface area contributed by atoms with Crippen LogP contribution in [0.1, 0.15) is 58.1 Å². The van der Waals surface area contributed by atoms with Crippen molar-refractivity contribution in [1.29, 1.82) is 0 Å². The molecule has 1 fully saturated rings. The van der Waals surface area contributed by atoms with Gasteiger partial charge in [-0.25, -0.2) is 0 Å². The first-order chi connectivity index (χ1) is 10.0. The van der Waals surface area contributed by atoms with Gasteiger partial charge in [0.05, 0.1) is 6.10 Å². The van der Waals surface area contributed by atoms with Gasteiger partial charge in [0, 0.05) is 24.6 Å². The maximum Gasteiger partial charge on any atom is 0.119 e. The number of ether oxygens (including phenoxy) is 1. The van der Waals surface area contributed by atoms with E-state index in [0.717, 1.165) is 25.1 Å². The molecule has 118 valence electrons. The highest BCUT2D eigenvalue weighted by Crippen LogP contribution is 2.37. The normalized spacial score (nSPS) is 18.9. The minimum atomic E-state index is 0.106. The van der Waals surface area contributed by atoms with E-state index in [-0.39, 0.29) is 11.5 Å². The molecular weight excluding hydrogens is 262 g/mol. The van der Waals surface area contributed by atoms with Crippen LogP contribution in [-0.2, 0) is 0 Å². The maximum absolute atomic E-state index is 9.66. The van der Waals surface area contributed by atoms with E-state index in [1.54, 1.807) is 0 Å². The monoisotopic (exact) mass is 291 g/mol. The van der Waals surface area contributed by atoms with Crippen molar-refractivity contribution in [1.82, 2.24) is 5.32 Å². The van der Waals surface area contributed by atoms with E-state index in [0.29, 0.717) is 12.6 Å². The number of rotatable bonds is 7. The second kappa shape index (κ2) is 7.28. The van der Waals surface area contributed by atoms with Crippen molar-refractivity contribution >= 4 is 0 Å². The molecular formula is C18H29NO2. The van der Waals surface area contributed by atoms with E-state index in [1.807, 2.05) is 26.0 Å². The molecule has 1 aliphatic rings. The number of hydrogen-bond acceptors (Lipinski definition) is 3. The topological polar surface area (TPSA) is 41.5 Å². The highest BCUT2D eigenvalue weighted by Gasteiger charge is 2.33. The molecule has 21 heavy (non-hydrogen) atoms. The summed E-state index contributed by atoms with van der Waals surface area (Å²) >= 11 is 0. The van der Waals surface area contributed by atoms with E-state index in [2.05, 4.69) is 24.4 Å². The summed E-state index contributed by atoms with van der Waals surface area (Å²) < 4.78 is 5.67. The van der Waals surface area contributed by atoms with Crippen molar-refractivity contribution in [3.63, 3.8) is 0 Å². The zero-order chi connectivity index (χ0) is 15.3. The summed E-state index contributed by atoms with van der Waals surface area (Å²) in [6.45, 7) is 7.45. The second-order valence-corrected chi connectivity index (χ2v) is 6.70. The molecule has 1 unspecified atom stereocenters. The third-order valence-electron chi connectivity index (χ3n) is 4.53. The van der Waals surface area contributed by atoms with Crippen molar-refractivity contribution in [2.24, 2.45) is 5.41 Å². The lowest BCUT2D eigenvalue weighted by Crippen LogP contribution is -2.36. The molecule has 3 heteroatoms. The number of benzene rings is 1.